The van der Waals surface area contributed by atoms with Gasteiger partial charge in [-0.3, -0.25) is 0 Å². The highest BCUT2D eigenvalue weighted by Crippen LogP contribution is 2.13. The first-order valence-corrected chi connectivity index (χ1v) is 17.7. The predicted octanol–water partition coefficient (Wildman–Crippen LogP) is 6.18. The molecule has 0 bridgehead atoms. The second-order valence-corrected chi connectivity index (χ2v) is 14.3. The second-order valence-electron chi connectivity index (χ2n) is 8.04. The number of nitrogens with zero attached hydrogens (tertiary/aromatic N) is 1. The van der Waals surface area contributed by atoms with Crippen LogP contribution in [0.1, 0.15) is 124 Å². The van der Waals surface area contributed by atoms with E-state index in [-0.39, 0.29) is 9.20 Å². The fourth-order valence-electron chi connectivity index (χ4n) is 3.78. The van der Waals surface area contributed by atoms with Gasteiger partial charge in [-0.05, 0) is 13.1 Å². The highest BCUT2D eigenvalue weighted by molar-refractivity contribution is 6.99. The quantitative estimate of drug-likeness (QED) is 0.168. The minimum absolute atomic E-state index is 0.232. The van der Waals surface area contributed by atoms with Gasteiger partial charge in [-0.15, -0.1) is 0 Å². The fourth-order valence-corrected chi connectivity index (χ4v) is 10.8. The van der Waals surface area contributed by atoms with Crippen molar-refractivity contribution in [3.8, 4) is 0 Å². The highest BCUT2D eigenvalue weighted by Gasteiger charge is 1.99. The van der Waals surface area contributed by atoms with Crippen molar-refractivity contribution in [2.24, 2.45) is 0 Å². The maximum Gasteiger partial charge on any atom is 0.0794 e. The Hall–Kier alpha value is 0.394. The van der Waals surface area contributed by atoms with E-state index in [0.29, 0.717) is 9.04 Å². The van der Waals surface area contributed by atoms with E-state index in [1.54, 1.807) is 12.5 Å². The topological polar surface area (TPSA) is 3.24 Å². The van der Waals surface area contributed by atoms with Crippen molar-refractivity contribution in [1.82, 2.24) is 4.57 Å². The summed E-state index contributed by atoms with van der Waals surface area (Å²) in [5, 5.41) is 0. The Morgan fingerprint density at radius 1 is 0.480 bits per heavy atom. The molecule has 25 heavy (non-hydrogen) atoms. The molecule has 0 fully saturated rings. The Labute approximate surface area is 165 Å². The maximum atomic E-state index is 2.75. The monoisotopic (exact) mass is 385 g/mol. The summed E-state index contributed by atoms with van der Waals surface area (Å²) in [6.45, 7) is 9.60. The minimum atomic E-state index is 0.232. The standard InChI is InChI=1S/C22H51NSi2/c1-4-7-8-9-10-11-12-13-14-15-16-17-18-19-20-21-22-24-25-23(5-2)6-3/h4-22,24-25H2,1-3H3. The Bertz CT molecular complexity index is 232. The van der Waals surface area contributed by atoms with Crippen LogP contribution in [0.25, 0.3) is 0 Å². The lowest BCUT2D eigenvalue weighted by Crippen LogP contribution is -2.31. The van der Waals surface area contributed by atoms with Crippen LogP contribution in [0, 0.1) is 0 Å². The van der Waals surface area contributed by atoms with Crippen molar-refractivity contribution < 1.29 is 0 Å². The fraction of sp³-hybridized carbons (Fsp3) is 1.00. The third-order valence-corrected chi connectivity index (χ3v) is 12.9. The zero-order valence-electron chi connectivity index (χ0n) is 18.3. The summed E-state index contributed by atoms with van der Waals surface area (Å²) in [6.07, 6.45) is 23.8. The smallest absolute Gasteiger partial charge is 0.0794 e. The van der Waals surface area contributed by atoms with E-state index >= 15 is 0 Å². The van der Waals surface area contributed by atoms with Crippen LogP contribution in [-0.4, -0.2) is 35.9 Å². The van der Waals surface area contributed by atoms with Crippen molar-refractivity contribution in [2.45, 2.75) is 130 Å². The molecule has 0 aliphatic rings. The molecule has 0 heterocycles. The molecule has 0 aliphatic carbocycles. The molecule has 0 spiro atoms. The molecule has 0 amide bonds. The van der Waals surface area contributed by atoms with Crippen LogP contribution in [0.4, 0.5) is 0 Å². The predicted molar refractivity (Wildman–Crippen MR) is 124 cm³/mol. The summed E-state index contributed by atoms with van der Waals surface area (Å²) in [5.41, 5.74) is 0. The number of unbranched alkanes of at least 4 members (excludes halogenated alkanes) is 15. The van der Waals surface area contributed by atoms with Crippen LogP contribution in [0.3, 0.4) is 0 Å². The third kappa shape index (κ3) is 20.6. The van der Waals surface area contributed by atoms with Crippen LogP contribution in [0.15, 0.2) is 0 Å². The molecule has 3 heteroatoms. The van der Waals surface area contributed by atoms with Crippen LogP contribution in [-0.2, 0) is 0 Å². The lowest BCUT2D eigenvalue weighted by molar-refractivity contribution is 0.501. The molecule has 0 atom stereocenters. The van der Waals surface area contributed by atoms with E-state index < -0.39 is 0 Å². The SMILES string of the molecule is CCCCCCCCCCCCCCCCCC[SiH2][SiH2]N(CC)CC. The van der Waals surface area contributed by atoms with Gasteiger partial charge in [0.25, 0.3) is 0 Å². The van der Waals surface area contributed by atoms with Gasteiger partial charge in [-0.25, -0.2) is 0 Å². The van der Waals surface area contributed by atoms with Gasteiger partial charge >= 0.3 is 0 Å². The van der Waals surface area contributed by atoms with Crippen LogP contribution >= 0.6 is 0 Å². The Balaban J connectivity index is 3.03. The van der Waals surface area contributed by atoms with Gasteiger partial charge in [0.05, 0.1) is 9.20 Å². The molecule has 0 unspecified atom stereocenters. The van der Waals surface area contributed by atoms with Crippen molar-refractivity contribution in [2.75, 3.05) is 13.1 Å². The molecule has 0 aliphatic heterocycles. The molecule has 152 valence electrons. The average molecular weight is 386 g/mol. The maximum absolute atomic E-state index is 2.75. The first-order chi connectivity index (χ1) is 12.3. The minimum Gasteiger partial charge on any atom is -0.332 e. The molecular weight excluding hydrogens is 334 g/mol. The summed E-state index contributed by atoms with van der Waals surface area (Å²) in [5.74, 6) is 0. The van der Waals surface area contributed by atoms with E-state index in [2.05, 4.69) is 25.3 Å². The molecule has 0 rings (SSSR count). The summed E-state index contributed by atoms with van der Waals surface area (Å²) in [7, 11) is 0.574. The van der Waals surface area contributed by atoms with Gasteiger partial charge in [-0.2, -0.15) is 0 Å². The molecule has 0 N–H and O–H groups in total. The van der Waals surface area contributed by atoms with Gasteiger partial charge in [0.1, 0.15) is 0 Å². The zero-order valence-corrected chi connectivity index (χ0v) is 21.1. The van der Waals surface area contributed by atoms with E-state index in [1.807, 2.05) is 0 Å². The summed E-state index contributed by atoms with van der Waals surface area (Å²) in [4.78, 5) is 0. The van der Waals surface area contributed by atoms with E-state index in [0.717, 1.165) is 0 Å². The van der Waals surface area contributed by atoms with Gasteiger partial charge in [0, 0.05) is 9.04 Å². The molecular formula is C22H51NSi2. The molecule has 0 aromatic carbocycles. The zero-order chi connectivity index (χ0) is 18.4. The molecule has 0 saturated carbocycles. The summed E-state index contributed by atoms with van der Waals surface area (Å²) in [6, 6.07) is 1.64. The van der Waals surface area contributed by atoms with Gasteiger partial charge in [0.15, 0.2) is 0 Å². The highest BCUT2D eigenvalue weighted by atomic mass is 29.1. The van der Waals surface area contributed by atoms with Crippen LogP contribution in [0.5, 0.6) is 0 Å². The van der Waals surface area contributed by atoms with Crippen molar-refractivity contribution in [3.63, 3.8) is 0 Å². The average Bonchev–Trinajstić information content (AvgIpc) is 2.64. The second kappa shape index (κ2) is 22.4. The lowest BCUT2D eigenvalue weighted by Gasteiger charge is -2.16. The Morgan fingerprint density at radius 2 is 0.840 bits per heavy atom. The van der Waals surface area contributed by atoms with E-state index in [1.165, 1.54) is 109 Å². The van der Waals surface area contributed by atoms with Crippen molar-refractivity contribution in [3.05, 3.63) is 0 Å². The number of hydrogen-bond acceptors (Lipinski definition) is 1. The Kier molecular flexibility index (Phi) is 22.8. The van der Waals surface area contributed by atoms with E-state index in [4.69, 9.17) is 0 Å². The van der Waals surface area contributed by atoms with Crippen LogP contribution < -0.4 is 0 Å². The van der Waals surface area contributed by atoms with E-state index in [9.17, 15) is 0 Å². The normalized spacial score (nSPS) is 12.5. The summed E-state index contributed by atoms with van der Waals surface area (Å²) < 4.78 is 2.75. The van der Waals surface area contributed by atoms with Gasteiger partial charge < -0.3 is 4.57 Å². The van der Waals surface area contributed by atoms with Gasteiger partial charge in [0.2, 0.25) is 0 Å². The largest absolute Gasteiger partial charge is 0.332 e. The lowest BCUT2D eigenvalue weighted by atomic mass is 10.0. The van der Waals surface area contributed by atoms with Crippen molar-refractivity contribution in [1.29, 1.82) is 0 Å². The molecule has 0 aromatic heterocycles. The van der Waals surface area contributed by atoms with Gasteiger partial charge in [-0.1, -0.05) is 130 Å². The Morgan fingerprint density at radius 3 is 1.20 bits per heavy atom. The number of rotatable bonds is 21. The van der Waals surface area contributed by atoms with Crippen LogP contribution in [0.2, 0.25) is 6.04 Å². The number of hydrogen-bond donors (Lipinski definition) is 0. The first kappa shape index (κ1) is 25.4. The molecule has 1 nitrogen and oxygen atoms in total. The molecule has 0 radical (unpaired) electrons. The molecule has 0 saturated heterocycles. The first-order valence-electron chi connectivity index (χ1n) is 12.1. The molecule has 0 aromatic rings. The third-order valence-electron chi connectivity index (χ3n) is 5.72. The summed E-state index contributed by atoms with van der Waals surface area (Å²) >= 11 is 0. The van der Waals surface area contributed by atoms with Crippen molar-refractivity contribution >= 4 is 18.2 Å².